The quantitative estimate of drug-likeness (QED) is 0.703. The molecular weight excluding hydrogens is 380 g/mol. The topological polar surface area (TPSA) is 94.5 Å². The molecule has 0 unspecified atom stereocenters. The van der Waals surface area contributed by atoms with Crippen molar-refractivity contribution in [2.24, 2.45) is 5.41 Å². The van der Waals surface area contributed by atoms with Gasteiger partial charge in [0, 0.05) is 29.6 Å². The molecule has 3 atom stereocenters. The first kappa shape index (κ1) is 18.8. The van der Waals surface area contributed by atoms with Crippen LogP contribution in [0.15, 0.2) is 17.0 Å². The van der Waals surface area contributed by atoms with Crippen LogP contribution in [0, 0.1) is 12.3 Å². The summed E-state index contributed by atoms with van der Waals surface area (Å²) in [4.78, 5) is 40.4. The zero-order chi connectivity index (χ0) is 19.9. The van der Waals surface area contributed by atoms with Crippen molar-refractivity contribution >= 4 is 29.2 Å². The Kier molecular flexibility index (Phi) is 4.78. The maximum absolute atomic E-state index is 12.9. The summed E-state index contributed by atoms with van der Waals surface area (Å²) in [6.45, 7) is 1.82. The van der Waals surface area contributed by atoms with Crippen LogP contribution >= 0.6 is 11.3 Å². The summed E-state index contributed by atoms with van der Waals surface area (Å²) in [5, 5.41) is 1.97. The van der Waals surface area contributed by atoms with Crippen molar-refractivity contribution in [2.75, 3.05) is 19.1 Å². The highest BCUT2D eigenvalue weighted by atomic mass is 32.1. The highest BCUT2D eigenvalue weighted by molar-refractivity contribution is 7.07. The van der Waals surface area contributed by atoms with Gasteiger partial charge in [0.05, 0.1) is 30.8 Å². The molecule has 2 aromatic rings. The average molecular weight is 402 g/mol. The zero-order valence-electron chi connectivity index (χ0n) is 16.0. The van der Waals surface area contributed by atoms with E-state index in [4.69, 9.17) is 9.47 Å². The number of ether oxygens (including phenoxy) is 2. The van der Waals surface area contributed by atoms with Gasteiger partial charge in [-0.1, -0.05) is 0 Å². The van der Waals surface area contributed by atoms with E-state index in [1.165, 1.54) is 25.6 Å². The number of esters is 2. The minimum Gasteiger partial charge on any atom is -0.469 e. The highest BCUT2D eigenvalue weighted by Gasteiger charge is 2.61. The zero-order valence-corrected chi connectivity index (χ0v) is 16.9. The summed E-state index contributed by atoms with van der Waals surface area (Å²) in [6.07, 6.45) is 2.98. The third-order valence-corrected chi connectivity index (χ3v) is 6.42. The van der Waals surface area contributed by atoms with E-state index < -0.39 is 11.4 Å². The van der Waals surface area contributed by atoms with Gasteiger partial charge in [0.2, 0.25) is 5.95 Å². The first-order valence-electron chi connectivity index (χ1n) is 9.16. The van der Waals surface area contributed by atoms with Crippen molar-refractivity contribution in [3.63, 3.8) is 0 Å². The number of rotatable bonds is 5. The Bertz CT molecular complexity index is 903. The number of anilines is 1. The predicted octanol–water partition coefficient (Wildman–Crippen LogP) is 2.17. The Morgan fingerprint density at radius 2 is 2.11 bits per heavy atom. The minimum atomic E-state index is -0.690. The summed E-state index contributed by atoms with van der Waals surface area (Å²) in [6, 6.07) is 1.63. The SMILES string of the molecule is COC(=O)c1cc(C)nc(N2[C@@H]3CC[C@H]2[C@@](Cc2cscn2)(C(=O)OC)C3)n1. The molecule has 0 N–H and O–H groups in total. The van der Waals surface area contributed by atoms with Crippen LogP contribution in [0.3, 0.4) is 0 Å². The summed E-state index contributed by atoms with van der Waals surface area (Å²) in [5.74, 6) is -0.254. The van der Waals surface area contributed by atoms with E-state index in [0.29, 0.717) is 24.5 Å². The molecule has 2 saturated heterocycles. The predicted molar refractivity (Wildman–Crippen MR) is 102 cm³/mol. The van der Waals surface area contributed by atoms with E-state index in [2.05, 4.69) is 19.9 Å². The van der Waals surface area contributed by atoms with Crippen LogP contribution in [0.5, 0.6) is 0 Å². The van der Waals surface area contributed by atoms with Crippen LogP contribution in [0.4, 0.5) is 5.95 Å². The molecule has 2 aliphatic rings. The second-order valence-electron chi connectivity index (χ2n) is 7.35. The molecule has 0 aliphatic carbocycles. The van der Waals surface area contributed by atoms with Gasteiger partial charge in [-0.3, -0.25) is 4.79 Å². The number of hydrogen-bond donors (Lipinski definition) is 0. The number of methoxy groups -OCH3 is 2. The lowest BCUT2D eigenvalue weighted by molar-refractivity contribution is -0.154. The Morgan fingerprint density at radius 3 is 2.79 bits per heavy atom. The number of nitrogens with zero attached hydrogens (tertiary/aromatic N) is 4. The molecule has 0 saturated carbocycles. The van der Waals surface area contributed by atoms with Gasteiger partial charge < -0.3 is 14.4 Å². The molecule has 4 rings (SSSR count). The maximum atomic E-state index is 12.9. The fourth-order valence-electron chi connectivity index (χ4n) is 4.70. The van der Waals surface area contributed by atoms with Gasteiger partial charge in [-0.15, -0.1) is 11.3 Å². The fourth-order valence-corrected chi connectivity index (χ4v) is 5.25. The van der Waals surface area contributed by atoms with Gasteiger partial charge in [0.1, 0.15) is 0 Å². The fraction of sp³-hybridized carbons (Fsp3) is 0.526. The van der Waals surface area contributed by atoms with Gasteiger partial charge in [0.25, 0.3) is 0 Å². The Hall–Kier alpha value is -2.55. The molecule has 8 nitrogen and oxygen atoms in total. The molecule has 0 spiro atoms. The Labute approximate surface area is 166 Å². The Morgan fingerprint density at radius 1 is 1.29 bits per heavy atom. The van der Waals surface area contributed by atoms with Crippen LogP contribution in [0.1, 0.15) is 41.1 Å². The van der Waals surface area contributed by atoms with Gasteiger partial charge in [-0.25, -0.2) is 19.7 Å². The van der Waals surface area contributed by atoms with Gasteiger partial charge >= 0.3 is 11.9 Å². The van der Waals surface area contributed by atoms with Crippen LogP contribution < -0.4 is 4.90 Å². The van der Waals surface area contributed by atoms with Gasteiger partial charge in [0.15, 0.2) is 5.69 Å². The largest absolute Gasteiger partial charge is 0.469 e. The number of hydrogen-bond acceptors (Lipinski definition) is 9. The lowest BCUT2D eigenvalue weighted by atomic mass is 9.71. The Balaban J connectivity index is 1.74. The number of aromatic nitrogens is 3. The third-order valence-electron chi connectivity index (χ3n) is 5.78. The molecule has 28 heavy (non-hydrogen) atoms. The smallest absolute Gasteiger partial charge is 0.356 e. The van der Waals surface area contributed by atoms with E-state index >= 15 is 0 Å². The van der Waals surface area contributed by atoms with Crippen molar-refractivity contribution in [3.8, 4) is 0 Å². The van der Waals surface area contributed by atoms with Crippen molar-refractivity contribution in [1.82, 2.24) is 15.0 Å². The van der Waals surface area contributed by atoms with E-state index in [-0.39, 0.29) is 23.7 Å². The summed E-state index contributed by atoms with van der Waals surface area (Å²) < 4.78 is 10.0. The number of thiazole rings is 1. The van der Waals surface area contributed by atoms with E-state index in [1.54, 1.807) is 11.6 Å². The molecule has 9 heteroatoms. The molecule has 0 radical (unpaired) electrons. The lowest BCUT2D eigenvalue weighted by Gasteiger charge is -2.34. The van der Waals surface area contributed by atoms with Crippen molar-refractivity contribution < 1.29 is 19.1 Å². The molecule has 4 heterocycles. The highest BCUT2D eigenvalue weighted by Crippen LogP contribution is 2.53. The number of carbonyl (C=O) groups excluding carboxylic acids is 2. The van der Waals surface area contributed by atoms with Crippen LogP contribution in [-0.4, -0.2) is 53.2 Å². The second-order valence-corrected chi connectivity index (χ2v) is 8.07. The van der Waals surface area contributed by atoms with Crippen molar-refractivity contribution in [2.45, 2.75) is 44.7 Å². The number of carbonyl (C=O) groups is 2. The van der Waals surface area contributed by atoms with E-state index in [0.717, 1.165) is 18.5 Å². The lowest BCUT2D eigenvalue weighted by Crippen LogP contribution is -2.46. The number of fused-ring (bicyclic) bond motifs is 2. The van der Waals surface area contributed by atoms with Gasteiger partial charge in [-0.2, -0.15) is 0 Å². The van der Waals surface area contributed by atoms with Crippen LogP contribution in [0.2, 0.25) is 0 Å². The van der Waals surface area contributed by atoms with Crippen molar-refractivity contribution in [1.29, 1.82) is 0 Å². The van der Waals surface area contributed by atoms with E-state index in [1.807, 2.05) is 12.3 Å². The monoisotopic (exact) mass is 402 g/mol. The summed E-state index contributed by atoms with van der Waals surface area (Å²) in [7, 11) is 2.76. The minimum absolute atomic E-state index is 0.0982. The standard InChI is InChI=1S/C19H22N4O4S/c1-11-6-14(16(24)26-2)22-18(21-11)23-13-4-5-15(23)19(8-13,17(25)27-3)7-12-9-28-10-20-12/h6,9-10,13,15H,4-5,7-8H2,1-3H3/t13-,15+,19+/m1/s1. The van der Waals surface area contributed by atoms with Crippen molar-refractivity contribution in [3.05, 3.63) is 34.0 Å². The summed E-state index contributed by atoms with van der Waals surface area (Å²) >= 11 is 1.51. The summed E-state index contributed by atoms with van der Waals surface area (Å²) in [5.41, 5.74) is 2.88. The number of aryl methyl sites for hydroxylation is 1. The molecule has 2 aliphatic heterocycles. The third kappa shape index (κ3) is 2.94. The first-order chi connectivity index (χ1) is 13.5. The molecule has 2 bridgehead atoms. The molecule has 2 aromatic heterocycles. The molecule has 148 valence electrons. The van der Waals surface area contributed by atoms with Crippen LogP contribution in [0.25, 0.3) is 0 Å². The maximum Gasteiger partial charge on any atom is 0.356 e. The normalized spacial score (nSPS) is 25.8. The average Bonchev–Trinajstić information content (AvgIpc) is 3.42. The molecule has 2 fully saturated rings. The van der Waals surface area contributed by atoms with Crippen LogP contribution in [-0.2, 0) is 20.7 Å². The second kappa shape index (κ2) is 7.12. The van der Waals surface area contributed by atoms with Gasteiger partial charge in [-0.05, 0) is 32.3 Å². The molecular formula is C19H22N4O4S. The molecule has 0 amide bonds. The molecule has 0 aromatic carbocycles. The first-order valence-corrected chi connectivity index (χ1v) is 10.1. The van der Waals surface area contributed by atoms with E-state index in [9.17, 15) is 9.59 Å².